The third-order valence-electron chi connectivity index (χ3n) is 3.29. The van der Waals surface area contributed by atoms with Crippen LogP contribution in [-0.2, 0) is 0 Å². The second kappa shape index (κ2) is 8.00. The molecule has 0 unspecified atom stereocenters. The van der Waals surface area contributed by atoms with Crippen molar-refractivity contribution >= 4 is 28.4 Å². The van der Waals surface area contributed by atoms with Crippen molar-refractivity contribution in [2.45, 2.75) is 19.3 Å². The number of pyridine rings is 1. The van der Waals surface area contributed by atoms with Crippen LogP contribution in [-0.4, -0.2) is 30.6 Å². The number of ether oxygens (including phenoxy) is 1. The lowest BCUT2D eigenvalue weighted by Gasteiger charge is -2.09. The largest absolute Gasteiger partial charge is 0.497 e. The third kappa shape index (κ3) is 4.04. The summed E-state index contributed by atoms with van der Waals surface area (Å²) in [6.07, 6.45) is 7.76. The molecule has 0 aliphatic carbocycles. The number of thioether (sulfide) groups is 1. The molecular weight excluding hydrogens is 268 g/mol. The summed E-state index contributed by atoms with van der Waals surface area (Å²) < 4.78 is 5.26. The predicted octanol–water partition coefficient (Wildman–Crippen LogP) is 4.19. The van der Waals surface area contributed by atoms with E-state index in [-0.39, 0.29) is 0 Å². The highest BCUT2D eigenvalue weighted by Crippen LogP contribution is 2.25. The van der Waals surface area contributed by atoms with Crippen molar-refractivity contribution in [1.29, 1.82) is 0 Å². The zero-order valence-corrected chi connectivity index (χ0v) is 13.0. The number of aromatic nitrogens is 1. The molecule has 3 nitrogen and oxygen atoms in total. The molecule has 1 aromatic carbocycles. The Morgan fingerprint density at radius 2 is 2.10 bits per heavy atom. The predicted molar refractivity (Wildman–Crippen MR) is 89.0 cm³/mol. The molecule has 0 spiro atoms. The number of benzene rings is 1. The molecule has 2 rings (SSSR count). The first-order valence-electron chi connectivity index (χ1n) is 7.00. The molecule has 108 valence electrons. The molecule has 0 amide bonds. The van der Waals surface area contributed by atoms with Gasteiger partial charge in [0.05, 0.1) is 7.11 Å². The second-order valence-corrected chi connectivity index (χ2v) is 5.71. The maximum atomic E-state index is 5.26. The lowest BCUT2D eigenvalue weighted by molar-refractivity contribution is 0.415. The lowest BCUT2D eigenvalue weighted by Crippen LogP contribution is -2.04. The summed E-state index contributed by atoms with van der Waals surface area (Å²) in [5, 5.41) is 5.75. The number of fused-ring (bicyclic) bond motifs is 1. The van der Waals surface area contributed by atoms with E-state index in [4.69, 9.17) is 4.74 Å². The minimum absolute atomic E-state index is 0.881. The summed E-state index contributed by atoms with van der Waals surface area (Å²) in [7, 11) is 1.69. The highest BCUT2D eigenvalue weighted by molar-refractivity contribution is 7.98. The van der Waals surface area contributed by atoms with Gasteiger partial charge in [-0.15, -0.1) is 0 Å². The monoisotopic (exact) mass is 290 g/mol. The van der Waals surface area contributed by atoms with Gasteiger partial charge in [-0.2, -0.15) is 11.8 Å². The Hall–Kier alpha value is -1.42. The van der Waals surface area contributed by atoms with Crippen molar-refractivity contribution in [3.05, 3.63) is 30.5 Å². The maximum absolute atomic E-state index is 5.26. The van der Waals surface area contributed by atoms with E-state index in [1.54, 1.807) is 7.11 Å². The summed E-state index contributed by atoms with van der Waals surface area (Å²) in [6.45, 7) is 0.979. The molecule has 1 aromatic heterocycles. The number of methoxy groups -OCH3 is 1. The van der Waals surface area contributed by atoms with E-state index < -0.39 is 0 Å². The van der Waals surface area contributed by atoms with Crippen LogP contribution in [0.1, 0.15) is 19.3 Å². The van der Waals surface area contributed by atoms with Crippen LogP contribution in [0.4, 0.5) is 5.82 Å². The van der Waals surface area contributed by atoms with Crippen LogP contribution in [0.25, 0.3) is 10.8 Å². The minimum atomic E-state index is 0.881. The Bertz CT molecular complexity index is 545. The van der Waals surface area contributed by atoms with E-state index in [1.807, 2.05) is 36.2 Å². The molecule has 20 heavy (non-hydrogen) atoms. The van der Waals surface area contributed by atoms with E-state index in [9.17, 15) is 0 Å². The fourth-order valence-corrected chi connectivity index (χ4v) is 2.67. The highest BCUT2D eigenvalue weighted by atomic mass is 32.2. The zero-order valence-electron chi connectivity index (χ0n) is 12.2. The third-order valence-corrected chi connectivity index (χ3v) is 3.99. The molecule has 2 aromatic rings. The van der Waals surface area contributed by atoms with E-state index in [0.717, 1.165) is 28.9 Å². The number of unbranched alkanes of at least 4 members (excludes halogenated alkanes) is 2. The van der Waals surface area contributed by atoms with Gasteiger partial charge in [0.2, 0.25) is 0 Å². The van der Waals surface area contributed by atoms with Gasteiger partial charge in [0.15, 0.2) is 0 Å². The fourth-order valence-electron chi connectivity index (χ4n) is 2.18. The molecule has 0 bridgehead atoms. The molecule has 0 aliphatic rings. The van der Waals surface area contributed by atoms with Crippen LogP contribution in [0.3, 0.4) is 0 Å². The molecule has 0 fully saturated rings. The number of hydrogen-bond acceptors (Lipinski definition) is 4. The lowest BCUT2D eigenvalue weighted by atomic mass is 10.1. The van der Waals surface area contributed by atoms with E-state index >= 15 is 0 Å². The van der Waals surface area contributed by atoms with Gasteiger partial charge in [-0.25, -0.2) is 4.98 Å². The minimum Gasteiger partial charge on any atom is -0.497 e. The molecule has 4 heteroatoms. The summed E-state index contributed by atoms with van der Waals surface area (Å²) in [5.41, 5.74) is 0. The Balaban J connectivity index is 1.96. The van der Waals surface area contributed by atoms with Crippen molar-refractivity contribution in [2.75, 3.05) is 31.0 Å². The van der Waals surface area contributed by atoms with E-state index in [0.29, 0.717) is 0 Å². The van der Waals surface area contributed by atoms with Gasteiger partial charge in [-0.05, 0) is 54.5 Å². The Labute approximate surface area is 125 Å². The molecule has 1 heterocycles. The standard InChI is InChI=1S/C16H22N2OS/c1-19-14-6-7-15-13(12-14)8-10-18-16(15)17-9-4-3-5-11-20-2/h6-8,10,12H,3-5,9,11H2,1-2H3,(H,17,18). The van der Waals surface area contributed by atoms with Gasteiger partial charge >= 0.3 is 0 Å². The Kier molecular flexibility index (Phi) is 5.99. The van der Waals surface area contributed by atoms with Gasteiger partial charge in [-0.3, -0.25) is 0 Å². The van der Waals surface area contributed by atoms with E-state index in [2.05, 4.69) is 22.6 Å². The first kappa shape index (κ1) is 15.0. The molecular formula is C16H22N2OS. The Morgan fingerprint density at radius 3 is 2.90 bits per heavy atom. The van der Waals surface area contributed by atoms with Crippen LogP contribution < -0.4 is 10.1 Å². The number of rotatable bonds is 8. The number of anilines is 1. The summed E-state index contributed by atoms with van der Waals surface area (Å²) in [5.74, 6) is 3.11. The summed E-state index contributed by atoms with van der Waals surface area (Å²) >= 11 is 1.92. The van der Waals surface area contributed by atoms with Gasteiger partial charge in [0.25, 0.3) is 0 Å². The van der Waals surface area contributed by atoms with Gasteiger partial charge < -0.3 is 10.1 Å². The van der Waals surface area contributed by atoms with Crippen LogP contribution >= 0.6 is 11.8 Å². The summed E-state index contributed by atoms with van der Waals surface area (Å²) in [4.78, 5) is 4.44. The van der Waals surface area contributed by atoms with Crippen molar-refractivity contribution in [1.82, 2.24) is 4.98 Å². The van der Waals surface area contributed by atoms with Crippen LogP contribution in [0.2, 0.25) is 0 Å². The maximum Gasteiger partial charge on any atom is 0.133 e. The molecule has 0 radical (unpaired) electrons. The van der Waals surface area contributed by atoms with E-state index in [1.165, 1.54) is 25.0 Å². The molecule has 0 atom stereocenters. The van der Waals surface area contributed by atoms with Gasteiger partial charge in [0, 0.05) is 18.1 Å². The quantitative estimate of drug-likeness (QED) is 0.739. The smallest absolute Gasteiger partial charge is 0.133 e. The highest BCUT2D eigenvalue weighted by Gasteiger charge is 2.03. The van der Waals surface area contributed by atoms with Crippen LogP contribution in [0.15, 0.2) is 30.5 Å². The number of nitrogens with zero attached hydrogens (tertiary/aromatic N) is 1. The molecule has 0 saturated heterocycles. The molecule has 1 N–H and O–H groups in total. The normalized spacial score (nSPS) is 10.7. The second-order valence-electron chi connectivity index (χ2n) is 4.73. The average molecular weight is 290 g/mol. The first-order chi connectivity index (χ1) is 9.85. The van der Waals surface area contributed by atoms with Crippen LogP contribution in [0, 0.1) is 0 Å². The van der Waals surface area contributed by atoms with Crippen molar-refractivity contribution in [2.24, 2.45) is 0 Å². The van der Waals surface area contributed by atoms with Crippen molar-refractivity contribution in [3.8, 4) is 5.75 Å². The summed E-state index contributed by atoms with van der Waals surface area (Å²) in [6, 6.07) is 8.10. The number of nitrogens with one attached hydrogen (secondary N) is 1. The average Bonchev–Trinajstić information content (AvgIpc) is 2.50. The van der Waals surface area contributed by atoms with Crippen molar-refractivity contribution < 1.29 is 4.74 Å². The van der Waals surface area contributed by atoms with Crippen molar-refractivity contribution in [3.63, 3.8) is 0 Å². The first-order valence-corrected chi connectivity index (χ1v) is 8.40. The number of hydrogen-bond donors (Lipinski definition) is 1. The molecule has 0 saturated carbocycles. The van der Waals surface area contributed by atoms with Crippen LogP contribution in [0.5, 0.6) is 5.75 Å². The Morgan fingerprint density at radius 1 is 1.20 bits per heavy atom. The molecule has 0 aliphatic heterocycles. The SMILES string of the molecule is COc1ccc2c(NCCCCCSC)nccc2c1. The zero-order chi connectivity index (χ0) is 14.2. The fraction of sp³-hybridized carbons (Fsp3) is 0.438. The van der Waals surface area contributed by atoms with Gasteiger partial charge in [0.1, 0.15) is 11.6 Å². The topological polar surface area (TPSA) is 34.1 Å². The van der Waals surface area contributed by atoms with Gasteiger partial charge in [-0.1, -0.05) is 6.42 Å².